The summed E-state index contributed by atoms with van der Waals surface area (Å²) in [4.78, 5) is 0. The van der Waals surface area contributed by atoms with E-state index < -0.39 is 13.5 Å². The molecule has 0 fully saturated rings. The van der Waals surface area contributed by atoms with Crippen molar-refractivity contribution in [3.8, 4) is 0 Å². The molecule has 0 aliphatic carbocycles. The van der Waals surface area contributed by atoms with Crippen molar-refractivity contribution in [2.24, 2.45) is 0 Å². The van der Waals surface area contributed by atoms with Crippen molar-refractivity contribution in [1.82, 2.24) is 0 Å². The van der Waals surface area contributed by atoms with E-state index in [4.69, 9.17) is 4.55 Å². The van der Waals surface area contributed by atoms with Crippen molar-refractivity contribution >= 4 is 64.9 Å². The molecule has 0 saturated carbocycles. The third kappa shape index (κ3) is 3.85. The molecule has 0 aliphatic heterocycles. The molecule has 0 spiro atoms. The summed E-state index contributed by atoms with van der Waals surface area (Å²) in [6.45, 7) is 1.56. The van der Waals surface area contributed by atoms with Gasteiger partial charge in [-0.15, -0.1) is 25.3 Å². The quantitative estimate of drug-likeness (QED) is 0.268. The molecule has 1 radical (unpaired) electrons. The van der Waals surface area contributed by atoms with Crippen LogP contribution in [0.1, 0.15) is 13.3 Å². The summed E-state index contributed by atoms with van der Waals surface area (Å²) >= 11 is 7.19. The van der Waals surface area contributed by atoms with E-state index in [0.717, 1.165) is 0 Å². The van der Waals surface area contributed by atoms with E-state index in [1.54, 1.807) is 6.92 Å². The molecule has 0 heterocycles. The van der Waals surface area contributed by atoms with Crippen molar-refractivity contribution in [2.75, 3.05) is 0 Å². The minimum absolute atomic E-state index is 0. The number of thiol groups is 2. The van der Waals surface area contributed by atoms with E-state index in [1.807, 2.05) is 0 Å². The average molecular weight is 211 g/mol. The molecule has 1 N–H and O–H groups in total. The first-order valence-electron chi connectivity index (χ1n) is 2.23. The van der Waals surface area contributed by atoms with Crippen molar-refractivity contribution in [2.45, 2.75) is 16.8 Å². The fourth-order valence-electron chi connectivity index (χ4n) is 0.182. The molecular weight excluding hydrogens is 203 g/mol. The van der Waals surface area contributed by atoms with Gasteiger partial charge in [0.25, 0.3) is 10.1 Å². The Balaban J connectivity index is 0. The largest absolute Gasteiger partial charge is 0.289 e. The van der Waals surface area contributed by atoms with Crippen LogP contribution in [0.5, 0.6) is 0 Å². The van der Waals surface area contributed by atoms with Crippen LogP contribution in [0.4, 0.5) is 0 Å². The zero-order valence-electron chi connectivity index (χ0n) is 5.77. The van der Waals surface area contributed by atoms with Crippen molar-refractivity contribution in [1.29, 1.82) is 0 Å². The van der Waals surface area contributed by atoms with E-state index in [2.05, 4.69) is 25.3 Å². The minimum Gasteiger partial charge on any atom is -0.284 e. The Morgan fingerprint density at radius 3 is 1.80 bits per heavy atom. The normalized spacial score (nSPS) is 12.4. The fourth-order valence-corrected chi connectivity index (χ4v) is 0.547. The molecule has 0 bridgehead atoms. The van der Waals surface area contributed by atoms with Crippen LogP contribution < -0.4 is 0 Å². The molecule has 0 saturated heterocycles. The summed E-state index contributed by atoms with van der Waals surface area (Å²) in [5.74, 6) is 0. The van der Waals surface area contributed by atoms with Gasteiger partial charge in [0.05, 0.1) is 0 Å². The monoisotopic (exact) mass is 211 g/mol. The molecule has 0 amide bonds. The zero-order valence-corrected chi connectivity index (χ0v) is 10.4. The van der Waals surface area contributed by atoms with Crippen LogP contribution >= 0.6 is 25.3 Å². The van der Waals surface area contributed by atoms with Gasteiger partial charge in [0, 0.05) is 29.6 Å². The second-order valence-electron chi connectivity index (χ2n) is 1.57. The summed E-state index contributed by atoms with van der Waals surface area (Å²) in [5.41, 5.74) is 0. The molecule has 7 heteroatoms. The smallest absolute Gasteiger partial charge is 0.284 e. The molecule has 0 atom stereocenters. The van der Waals surface area contributed by atoms with Crippen LogP contribution in [-0.4, -0.2) is 45.9 Å². The van der Waals surface area contributed by atoms with Crippen molar-refractivity contribution < 1.29 is 13.0 Å². The molecule has 0 unspecified atom stereocenters. The van der Waals surface area contributed by atoms with Crippen LogP contribution in [0.25, 0.3) is 0 Å². The second-order valence-corrected chi connectivity index (χ2v) is 5.70. The first kappa shape index (κ1) is 14.2. The Bertz CT molecular complexity index is 185. The number of hydrogen-bond acceptors (Lipinski definition) is 4. The Morgan fingerprint density at radius 1 is 1.50 bits per heavy atom. The van der Waals surface area contributed by atoms with Gasteiger partial charge in [-0.2, -0.15) is 8.42 Å². The Labute approximate surface area is 93.8 Å². The van der Waals surface area contributed by atoms with Crippen molar-refractivity contribution in [3.05, 3.63) is 0 Å². The Kier molecular flexibility index (Phi) is 6.50. The maximum atomic E-state index is 10.3. The van der Waals surface area contributed by atoms with E-state index in [-0.39, 0.29) is 36.0 Å². The summed E-state index contributed by atoms with van der Waals surface area (Å²) in [6.07, 6.45) is 0.151. The van der Waals surface area contributed by atoms with Crippen LogP contribution in [0.15, 0.2) is 0 Å². The zero-order chi connectivity index (χ0) is 7.71. The van der Waals surface area contributed by atoms with Gasteiger partial charge in [0.15, 0.2) is 3.41 Å². The molecule has 57 valence electrons. The summed E-state index contributed by atoms with van der Waals surface area (Å²) in [5, 5.41) is 0. The van der Waals surface area contributed by atoms with Crippen LogP contribution in [0.2, 0.25) is 0 Å². The van der Waals surface area contributed by atoms with Gasteiger partial charge in [0.1, 0.15) is 0 Å². The molecule has 0 aromatic carbocycles. The standard InChI is InChI=1S/C3H8O3S3.Na/c1-2-3(7,8)9(4,5)6;/h7-8H,2H2,1H3,(H,4,5,6);. The molecule has 3 nitrogen and oxygen atoms in total. The van der Waals surface area contributed by atoms with E-state index in [0.29, 0.717) is 0 Å². The van der Waals surface area contributed by atoms with Gasteiger partial charge in [-0.1, -0.05) is 6.92 Å². The molecule has 0 aliphatic rings. The fraction of sp³-hybridized carbons (Fsp3) is 1.00. The van der Waals surface area contributed by atoms with Gasteiger partial charge in [-0.25, -0.2) is 0 Å². The Hall–Kier alpha value is 1.61. The minimum atomic E-state index is -4.12. The molecular formula is C3H8NaO3S3. The van der Waals surface area contributed by atoms with Gasteiger partial charge < -0.3 is 0 Å². The van der Waals surface area contributed by atoms with Gasteiger partial charge in [0.2, 0.25) is 0 Å². The SMILES string of the molecule is CCC(S)(S)S(=O)(=O)O.[Na]. The summed E-state index contributed by atoms with van der Waals surface area (Å²) in [6, 6.07) is 0. The summed E-state index contributed by atoms with van der Waals surface area (Å²) in [7, 11) is -4.12. The average Bonchev–Trinajstić information content (AvgIpc) is 1.64. The van der Waals surface area contributed by atoms with E-state index >= 15 is 0 Å². The topological polar surface area (TPSA) is 54.4 Å². The summed E-state index contributed by atoms with van der Waals surface area (Å²) < 4.78 is 27.3. The molecule has 0 aromatic rings. The van der Waals surface area contributed by atoms with Gasteiger partial charge >= 0.3 is 0 Å². The molecule has 10 heavy (non-hydrogen) atoms. The third-order valence-corrected chi connectivity index (χ3v) is 4.01. The van der Waals surface area contributed by atoms with Gasteiger partial charge in [-0.05, 0) is 6.42 Å². The van der Waals surface area contributed by atoms with Crippen LogP contribution in [0, 0.1) is 0 Å². The predicted octanol–water partition coefficient (Wildman–Crippen LogP) is 0.417. The predicted molar refractivity (Wildman–Crippen MR) is 48.3 cm³/mol. The maximum Gasteiger partial charge on any atom is 0.289 e. The van der Waals surface area contributed by atoms with E-state index in [9.17, 15) is 8.42 Å². The molecule has 0 aromatic heterocycles. The third-order valence-electron chi connectivity index (χ3n) is 0.874. The van der Waals surface area contributed by atoms with Gasteiger partial charge in [-0.3, -0.25) is 4.55 Å². The first-order chi connectivity index (χ1) is 3.81. The number of rotatable bonds is 2. The van der Waals surface area contributed by atoms with Crippen molar-refractivity contribution in [3.63, 3.8) is 0 Å². The molecule has 0 rings (SSSR count). The van der Waals surface area contributed by atoms with Crippen LogP contribution in [0.3, 0.4) is 0 Å². The van der Waals surface area contributed by atoms with E-state index in [1.165, 1.54) is 0 Å². The maximum absolute atomic E-state index is 10.3. The Morgan fingerprint density at radius 2 is 1.80 bits per heavy atom. The van der Waals surface area contributed by atoms with Crippen LogP contribution in [-0.2, 0) is 10.1 Å². The number of hydrogen-bond donors (Lipinski definition) is 3. The second kappa shape index (κ2) is 4.59. The first-order valence-corrected chi connectivity index (χ1v) is 4.56.